The predicted octanol–water partition coefficient (Wildman–Crippen LogP) is -1.76. The summed E-state index contributed by atoms with van der Waals surface area (Å²) >= 11 is 0. The van der Waals surface area contributed by atoms with Crippen molar-refractivity contribution in [3.8, 4) is 0 Å². The molecular formula is C9H21BN2O4. The molecule has 0 rings (SSSR count). The third kappa shape index (κ3) is 5.46. The van der Waals surface area contributed by atoms with Crippen molar-refractivity contribution in [3.05, 3.63) is 0 Å². The minimum absolute atomic E-state index is 0.204. The highest BCUT2D eigenvalue weighted by Crippen LogP contribution is 2.06. The van der Waals surface area contributed by atoms with Crippen molar-refractivity contribution >= 4 is 13.0 Å². The van der Waals surface area contributed by atoms with Gasteiger partial charge in [-0.2, -0.15) is 0 Å². The van der Waals surface area contributed by atoms with Gasteiger partial charge in [0.1, 0.15) is 6.04 Å². The summed E-state index contributed by atoms with van der Waals surface area (Å²) in [5.74, 6) is -1.15. The summed E-state index contributed by atoms with van der Waals surface area (Å²) in [7, 11) is -1.63. The van der Waals surface area contributed by atoms with Gasteiger partial charge in [-0.1, -0.05) is 13.8 Å². The normalized spacial score (nSPS) is 16.8. The molecule has 94 valence electrons. The number of aliphatic hydroxyl groups is 1. The van der Waals surface area contributed by atoms with Crippen molar-refractivity contribution in [1.82, 2.24) is 5.32 Å². The number of nitrogens with one attached hydrogen (secondary N) is 1. The maximum absolute atomic E-state index is 11.5. The van der Waals surface area contributed by atoms with Gasteiger partial charge in [-0.25, -0.2) is 0 Å². The maximum atomic E-state index is 11.5. The summed E-state index contributed by atoms with van der Waals surface area (Å²) in [5.41, 5.74) is 5.41. The molecule has 0 spiro atoms. The van der Waals surface area contributed by atoms with Crippen LogP contribution in [0.1, 0.15) is 27.2 Å². The zero-order valence-corrected chi connectivity index (χ0v) is 9.92. The first kappa shape index (κ1) is 15.4. The van der Waals surface area contributed by atoms with Gasteiger partial charge in [-0.3, -0.25) is 4.79 Å². The molecular weight excluding hydrogens is 211 g/mol. The van der Waals surface area contributed by atoms with Crippen LogP contribution in [0.2, 0.25) is 0 Å². The van der Waals surface area contributed by atoms with E-state index in [1.807, 2.05) is 13.8 Å². The van der Waals surface area contributed by atoms with E-state index < -0.39 is 31.1 Å². The van der Waals surface area contributed by atoms with E-state index in [-0.39, 0.29) is 5.92 Å². The molecule has 0 aromatic rings. The molecule has 6 nitrogen and oxygen atoms in total. The monoisotopic (exact) mass is 232 g/mol. The summed E-state index contributed by atoms with van der Waals surface area (Å²) < 4.78 is 0. The van der Waals surface area contributed by atoms with E-state index in [0.717, 1.165) is 0 Å². The zero-order valence-electron chi connectivity index (χ0n) is 9.92. The Morgan fingerprint density at radius 2 is 1.88 bits per heavy atom. The molecule has 0 aliphatic rings. The van der Waals surface area contributed by atoms with E-state index in [1.54, 1.807) is 0 Å². The molecule has 0 saturated heterocycles. The number of hydrogen-bond donors (Lipinski definition) is 5. The molecule has 0 aliphatic carbocycles. The van der Waals surface area contributed by atoms with Crippen LogP contribution in [0.3, 0.4) is 0 Å². The number of aliphatic hydroxyl groups excluding tert-OH is 1. The Balaban J connectivity index is 4.34. The fourth-order valence-corrected chi connectivity index (χ4v) is 1.26. The molecule has 6 N–H and O–H groups in total. The number of carbonyl (C=O) groups is 1. The van der Waals surface area contributed by atoms with Crippen molar-refractivity contribution in [2.45, 2.75) is 45.3 Å². The van der Waals surface area contributed by atoms with Gasteiger partial charge in [0.05, 0.1) is 12.0 Å². The third-order valence-corrected chi connectivity index (χ3v) is 2.24. The summed E-state index contributed by atoms with van der Waals surface area (Å²) in [6, 6.07) is -1.06. The van der Waals surface area contributed by atoms with Crippen molar-refractivity contribution in [2.75, 3.05) is 0 Å². The van der Waals surface area contributed by atoms with Crippen LogP contribution in [0.15, 0.2) is 0 Å². The largest absolute Gasteiger partial charge is 0.475 e. The Labute approximate surface area is 96.0 Å². The van der Waals surface area contributed by atoms with Gasteiger partial charge in [0.25, 0.3) is 0 Å². The van der Waals surface area contributed by atoms with Crippen molar-refractivity contribution in [1.29, 1.82) is 0 Å². The topological polar surface area (TPSA) is 116 Å². The summed E-state index contributed by atoms with van der Waals surface area (Å²) in [5, 5.41) is 29.7. The van der Waals surface area contributed by atoms with Crippen LogP contribution in [0.4, 0.5) is 0 Å². The fraction of sp³-hybridized carbons (Fsp3) is 0.889. The smallest absolute Gasteiger partial charge is 0.426 e. The quantitative estimate of drug-likeness (QED) is 0.348. The molecule has 0 radical (unpaired) electrons. The predicted molar refractivity (Wildman–Crippen MR) is 61.2 cm³/mol. The molecule has 0 unspecified atom stereocenters. The molecule has 1 amide bonds. The van der Waals surface area contributed by atoms with E-state index >= 15 is 0 Å². The second kappa shape index (κ2) is 6.85. The number of nitrogens with two attached hydrogens (primary N) is 1. The molecule has 3 atom stereocenters. The lowest BCUT2D eigenvalue weighted by Crippen LogP contribution is -2.54. The van der Waals surface area contributed by atoms with Crippen molar-refractivity contribution in [2.24, 2.45) is 11.7 Å². The molecule has 16 heavy (non-hydrogen) atoms. The first-order valence-electron chi connectivity index (χ1n) is 5.35. The number of amides is 1. The summed E-state index contributed by atoms with van der Waals surface area (Å²) in [4.78, 5) is 11.5. The number of carbonyl (C=O) groups excluding carboxylic acids is 1. The van der Waals surface area contributed by atoms with Crippen LogP contribution >= 0.6 is 0 Å². The minimum Gasteiger partial charge on any atom is -0.426 e. The van der Waals surface area contributed by atoms with Gasteiger partial charge >= 0.3 is 7.12 Å². The van der Waals surface area contributed by atoms with E-state index in [9.17, 15) is 4.79 Å². The fourth-order valence-electron chi connectivity index (χ4n) is 1.26. The molecule has 0 bridgehead atoms. The average molecular weight is 232 g/mol. The molecule has 0 aliphatic heterocycles. The van der Waals surface area contributed by atoms with Crippen LogP contribution in [-0.2, 0) is 4.79 Å². The first-order chi connectivity index (χ1) is 7.25. The third-order valence-electron chi connectivity index (χ3n) is 2.24. The van der Waals surface area contributed by atoms with Crippen LogP contribution < -0.4 is 11.1 Å². The van der Waals surface area contributed by atoms with Crippen LogP contribution in [0.25, 0.3) is 0 Å². The van der Waals surface area contributed by atoms with Crippen LogP contribution in [0.5, 0.6) is 0 Å². The molecule has 0 heterocycles. The SMILES string of the molecule is CC(C)C[C@H](NC(=O)[C@@H](N)[C@@H](C)O)B(O)O. The molecule has 0 aromatic carbocycles. The minimum atomic E-state index is -1.63. The van der Waals surface area contributed by atoms with Gasteiger partial charge < -0.3 is 26.2 Å². The standard InChI is InChI=1S/C9H21BN2O4/c1-5(2)4-7(10(15)16)12-9(14)8(11)6(3)13/h5-8,13,15-16H,4,11H2,1-3H3,(H,12,14)/t6-,7+,8+/m1/s1. The Hall–Kier alpha value is -0.625. The Bertz CT molecular complexity index is 224. The second-order valence-electron chi connectivity index (χ2n) is 4.42. The van der Waals surface area contributed by atoms with E-state index in [2.05, 4.69) is 5.32 Å². The zero-order chi connectivity index (χ0) is 12.9. The number of hydrogen-bond acceptors (Lipinski definition) is 5. The maximum Gasteiger partial charge on any atom is 0.475 e. The lowest BCUT2D eigenvalue weighted by molar-refractivity contribution is -0.124. The summed E-state index contributed by atoms with van der Waals surface area (Å²) in [6.45, 7) is 5.20. The first-order valence-corrected chi connectivity index (χ1v) is 5.35. The van der Waals surface area contributed by atoms with Gasteiger partial charge in [0.2, 0.25) is 5.91 Å². The molecule has 0 fully saturated rings. The van der Waals surface area contributed by atoms with Gasteiger partial charge in [0.15, 0.2) is 0 Å². The Kier molecular flexibility index (Phi) is 6.58. The molecule has 0 saturated carbocycles. The van der Waals surface area contributed by atoms with Crippen LogP contribution in [-0.4, -0.2) is 46.3 Å². The molecule has 7 heteroatoms. The van der Waals surface area contributed by atoms with Gasteiger partial charge in [-0.15, -0.1) is 0 Å². The summed E-state index contributed by atoms with van der Waals surface area (Å²) in [6.07, 6.45) is -0.550. The Morgan fingerprint density at radius 3 is 2.19 bits per heavy atom. The Morgan fingerprint density at radius 1 is 1.38 bits per heavy atom. The molecule has 0 aromatic heterocycles. The lowest BCUT2D eigenvalue weighted by atomic mass is 9.75. The van der Waals surface area contributed by atoms with Crippen molar-refractivity contribution < 1.29 is 19.9 Å². The van der Waals surface area contributed by atoms with Crippen LogP contribution in [0, 0.1) is 5.92 Å². The van der Waals surface area contributed by atoms with Gasteiger partial charge in [0, 0.05) is 0 Å². The van der Waals surface area contributed by atoms with E-state index in [1.165, 1.54) is 6.92 Å². The van der Waals surface area contributed by atoms with Gasteiger partial charge in [-0.05, 0) is 19.3 Å². The second-order valence-corrected chi connectivity index (χ2v) is 4.42. The van der Waals surface area contributed by atoms with E-state index in [4.69, 9.17) is 20.9 Å². The van der Waals surface area contributed by atoms with E-state index in [0.29, 0.717) is 6.42 Å². The highest BCUT2D eigenvalue weighted by molar-refractivity contribution is 6.43. The highest BCUT2D eigenvalue weighted by Gasteiger charge is 2.29. The lowest BCUT2D eigenvalue weighted by Gasteiger charge is -2.22. The average Bonchev–Trinajstić information content (AvgIpc) is 2.14. The number of rotatable bonds is 6. The van der Waals surface area contributed by atoms with Crippen molar-refractivity contribution in [3.63, 3.8) is 0 Å². The highest BCUT2D eigenvalue weighted by atomic mass is 16.4.